The molecule has 1 amide bonds. The second-order valence-corrected chi connectivity index (χ2v) is 6.38. The fraction of sp³-hybridized carbons (Fsp3) is 0.0667. The van der Waals surface area contributed by atoms with Crippen LogP contribution < -0.4 is 5.32 Å². The maximum Gasteiger partial charge on any atom is 0.265 e. The van der Waals surface area contributed by atoms with E-state index in [4.69, 9.17) is 0 Å². The molecule has 0 saturated heterocycles. The lowest BCUT2D eigenvalue weighted by atomic mass is 10.1. The van der Waals surface area contributed by atoms with Gasteiger partial charge in [-0.1, -0.05) is 0 Å². The molecular weight excluding hydrogens is 290 g/mol. The summed E-state index contributed by atoms with van der Waals surface area (Å²) in [5.41, 5.74) is 1.33. The van der Waals surface area contributed by atoms with Gasteiger partial charge < -0.3 is 5.32 Å². The molecule has 20 heavy (non-hydrogen) atoms. The number of benzene rings is 1. The highest BCUT2D eigenvalue weighted by Crippen LogP contribution is 2.30. The number of anilines is 1. The summed E-state index contributed by atoms with van der Waals surface area (Å²) >= 11 is 3.11. The molecule has 0 aliphatic heterocycles. The van der Waals surface area contributed by atoms with Gasteiger partial charge in [-0.3, -0.25) is 9.59 Å². The zero-order valence-corrected chi connectivity index (χ0v) is 12.3. The molecule has 3 rings (SSSR count). The van der Waals surface area contributed by atoms with E-state index in [1.165, 1.54) is 18.3 Å². The van der Waals surface area contributed by atoms with Crippen LogP contribution in [0.3, 0.4) is 0 Å². The van der Waals surface area contributed by atoms with Crippen molar-refractivity contribution < 1.29 is 9.59 Å². The Balaban J connectivity index is 1.78. The molecule has 3 nitrogen and oxygen atoms in total. The lowest BCUT2D eigenvalue weighted by molar-refractivity contribution is 0.101. The van der Waals surface area contributed by atoms with Gasteiger partial charge in [-0.15, -0.1) is 22.7 Å². The van der Waals surface area contributed by atoms with Gasteiger partial charge in [0.15, 0.2) is 5.78 Å². The van der Waals surface area contributed by atoms with E-state index >= 15 is 0 Å². The molecule has 100 valence electrons. The van der Waals surface area contributed by atoms with Crippen molar-refractivity contribution in [1.29, 1.82) is 0 Å². The minimum atomic E-state index is -0.117. The molecule has 0 aliphatic rings. The fourth-order valence-electron chi connectivity index (χ4n) is 1.86. The van der Waals surface area contributed by atoms with Crippen molar-refractivity contribution in [2.45, 2.75) is 6.92 Å². The number of nitrogens with one attached hydrogen (secondary N) is 1. The highest BCUT2D eigenvalue weighted by molar-refractivity contribution is 7.27. The Morgan fingerprint density at radius 3 is 2.45 bits per heavy atom. The van der Waals surface area contributed by atoms with Crippen LogP contribution in [-0.2, 0) is 0 Å². The number of ketones is 1. The minimum absolute atomic E-state index is 0.0152. The van der Waals surface area contributed by atoms with E-state index in [9.17, 15) is 9.59 Å². The summed E-state index contributed by atoms with van der Waals surface area (Å²) < 4.78 is 2.26. The minimum Gasteiger partial charge on any atom is -0.321 e. The van der Waals surface area contributed by atoms with Crippen LogP contribution in [0.25, 0.3) is 9.40 Å². The fourth-order valence-corrected chi connectivity index (χ4v) is 3.86. The maximum absolute atomic E-state index is 12.1. The van der Waals surface area contributed by atoms with Crippen molar-refractivity contribution in [2.75, 3.05) is 5.32 Å². The third kappa shape index (κ3) is 2.50. The number of rotatable bonds is 3. The molecule has 0 spiro atoms. The molecule has 3 aromatic rings. The van der Waals surface area contributed by atoms with Gasteiger partial charge in [-0.25, -0.2) is 0 Å². The monoisotopic (exact) mass is 301 g/mol. The van der Waals surface area contributed by atoms with Crippen LogP contribution in [0.1, 0.15) is 27.0 Å². The summed E-state index contributed by atoms with van der Waals surface area (Å²) in [5.74, 6) is -0.102. The summed E-state index contributed by atoms with van der Waals surface area (Å²) in [4.78, 5) is 24.0. The highest BCUT2D eigenvalue weighted by Gasteiger charge is 2.11. The predicted molar refractivity (Wildman–Crippen MR) is 84.1 cm³/mol. The van der Waals surface area contributed by atoms with Gasteiger partial charge in [0.25, 0.3) is 5.91 Å². The Bertz CT molecular complexity index is 755. The number of carbonyl (C=O) groups excluding carboxylic acids is 2. The van der Waals surface area contributed by atoms with Gasteiger partial charge in [0.05, 0.1) is 4.88 Å². The first-order valence-corrected chi connectivity index (χ1v) is 7.72. The SMILES string of the molecule is CC(=O)c1ccc(NC(=O)c2cc3sccc3s2)cc1. The number of thiophene rings is 2. The first-order valence-electron chi connectivity index (χ1n) is 6.03. The quantitative estimate of drug-likeness (QED) is 0.728. The zero-order chi connectivity index (χ0) is 14.1. The van der Waals surface area contributed by atoms with E-state index in [2.05, 4.69) is 5.32 Å². The lowest BCUT2D eigenvalue weighted by Gasteiger charge is -2.04. The highest BCUT2D eigenvalue weighted by atomic mass is 32.1. The second-order valence-electron chi connectivity index (χ2n) is 4.35. The number of Topliss-reactive ketones (excluding diaryl/α,β-unsaturated/α-hetero) is 1. The van der Waals surface area contributed by atoms with E-state index in [0.717, 1.165) is 9.40 Å². The standard InChI is InChI=1S/C15H11NO2S2/c1-9(17)10-2-4-11(5-3-10)16-15(18)14-8-13-12(20-14)6-7-19-13/h2-8H,1H3,(H,16,18). The van der Waals surface area contributed by atoms with Crippen molar-refractivity contribution in [2.24, 2.45) is 0 Å². The van der Waals surface area contributed by atoms with Crippen LogP contribution >= 0.6 is 22.7 Å². The van der Waals surface area contributed by atoms with Crippen molar-refractivity contribution in [3.63, 3.8) is 0 Å². The predicted octanol–water partition coefficient (Wildman–Crippen LogP) is 4.42. The summed E-state index contributed by atoms with van der Waals surface area (Å²) in [6, 6.07) is 10.8. The van der Waals surface area contributed by atoms with E-state index < -0.39 is 0 Å². The van der Waals surface area contributed by atoms with Crippen LogP contribution in [0, 0.1) is 0 Å². The Morgan fingerprint density at radius 1 is 1.05 bits per heavy atom. The summed E-state index contributed by atoms with van der Waals surface area (Å²) in [6.07, 6.45) is 0. The van der Waals surface area contributed by atoms with E-state index in [1.807, 2.05) is 17.5 Å². The maximum atomic E-state index is 12.1. The van der Waals surface area contributed by atoms with Crippen LogP contribution in [0.5, 0.6) is 0 Å². The van der Waals surface area contributed by atoms with E-state index in [1.54, 1.807) is 35.6 Å². The molecule has 0 radical (unpaired) electrons. The lowest BCUT2D eigenvalue weighted by Crippen LogP contribution is -2.10. The molecule has 1 N–H and O–H groups in total. The Kier molecular flexibility index (Phi) is 3.38. The van der Waals surface area contributed by atoms with Crippen LogP contribution in [0.2, 0.25) is 0 Å². The van der Waals surface area contributed by atoms with Crippen LogP contribution in [0.15, 0.2) is 41.8 Å². The van der Waals surface area contributed by atoms with Crippen molar-refractivity contribution in [1.82, 2.24) is 0 Å². The number of carbonyl (C=O) groups is 2. The second kappa shape index (κ2) is 5.19. The molecular formula is C15H11NO2S2. The number of amides is 1. The Morgan fingerprint density at radius 2 is 1.80 bits per heavy atom. The van der Waals surface area contributed by atoms with E-state index in [-0.39, 0.29) is 11.7 Å². The van der Waals surface area contributed by atoms with Crippen molar-refractivity contribution >= 4 is 49.5 Å². The Hall–Kier alpha value is -1.98. The smallest absolute Gasteiger partial charge is 0.265 e. The van der Waals surface area contributed by atoms with Crippen LogP contribution in [0.4, 0.5) is 5.69 Å². The van der Waals surface area contributed by atoms with Gasteiger partial charge in [0, 0.05) is 20.7 Å². The van der Waals surface area contributed by atoms with Gasteiger partial charge in [0.2, 0.25) is 0 Å². The molecule has 1 aromatic carbocycles. The molecule has 2 heterocycles. The van der Waals surface area contributed by atoms with Gasteiger partial charge in [-0.05, 0) is 48.7 Å². The number of hydrogen-bond donors (Lipinski definition) is 1. The first kappa shape index (κ1) is 13.0. The zero-order valence-electron chi connectivity index (χ0n) is 10.7. The first-order chi connectivity index (χ1) is 9.63. The topological polar surface area (TPSA) is 46.2 Å². The molecule has 0 aliphatic carbocycles. The van der Waals surface area contributed by atoms with E-state index in [0.29, 0.717) is 16.1 Å². The molecule has 2 aromatic heterocycles. The average Bonchev–Trinajstić information content (AvgIpc) is 2.99. The number of hydrogen-bond acceptors (Lipinski definition) is 4. The largest absolute Gasteiger partial charge is 0.321 e. The molecule has 0 saturated carbocycles. The van der Waals surface area contributed by atoms with Crippen LogP contribution in [-0.4, -0.2) is 11.7 Å². The van der Waals surface area contributed by atoms with Gasteiger partial charge in [-0.2, -0.15) is 0 Å². The average molecular weight is 301 g/mol. The normalized spacial score (nSPS) is 10.7. The molecule has 0 atom stereocenters. The molecule has 0 unspecified atom stereocenters. The summed E-state index contributed by atoms with van der Waals surface area (Å²) in [7, 11) is 0. The van der Waals surface area contributed by atoms with Crippen molar-refractivity contribution in [3.05, 3.63) is 52.2 Å². The summed E-state index contributed by atoms with van der Waals surface area (Å²) in [5, 5.41) is 4.86. The third-order valence-corrected chi connectivity index (χ3v) is 5.00. The van der Waals surface area contributed by atoms with Gasteiger partial charge >= 0.3 is 0 Å². The van der Waals surface area contributed by atoms with Crippen molar-refractivity contribution in [3.8, 4) is 0 Å². The molecule has 0 fully saturated rings. The molecule has 0 bridgehead atoms. The third-order valence-electron chi connectivity index (χ3n) is 2.91. The molecule has 5 heteroatoms. The Labute approximate surface area is 123 Å². The number of fused-ring (bicyclic) bond motifs is 1. The van der Waals surface area contributed by atoms with Gasteiger partial charge in [0.1, 0.15) is 0 Å². The summed E-state index contributed by atoms with van der Waals surface area (Å²) in [6.45, 7) is 1.52.